The van der Waals surface area contributed by atoms with Crippen molar-refractivity contribution in [1.29, 1.82) is 0 Å². The number of nitrogens with zero attached hydrogens (tertiary/aromatic N) is 5. The minimum absolute atomic E-state index is 0.451. The van der Waals surface area contributed by atoms with E-state index in [2.05, 4.69) is 40.7 Å². The van der Waals surface area contributed by atoms with Gasteiger partial charge in [0.1, 0.15) is 12.1 Å². The summed E-state index contributed by atoms with van der Waals surface area (Å²) >= 11 is 0. The van der Waals surface area contributed by atoms with E-state index >= 15 is 0 Å². The largest absolute Gasteiger partial charge is 0.356 e. The number of hydrogen-bond donors (Lipinski definition) is 0. The molecule has 1 aliphatic rings. The van der Waals surface area contributed by atoms with Crippen LogP contribution in [-0.4, -0.2) is 32.7 Å². The summed E-state index contributed by atoms with van der Waals surface area (Å²) in [4.78, 5) is 11.1. The van der Waals surface area contributed by atoms with Gasteiger partial charge in [-0.3, -0.25) is 0 Å². The first-order valence-corrected chi connectivity index (χ1v) is 6.13. The van der Waals surface area contributed by atoms with Gasteiger partial charge in [-0.05, 0) is 19.3 Å². The van der Waals surface area contributed by atoms with E-state index in [9.17, 15) is 0 Å². The van der Waals surface area contributed by atoms with Crippen LogP contribution in [0.5, 0.6) is 0 Å². The highest BCUT2D eigenvalue weighted by molar-refractivity contribution is 5.57. The van der Waals surface area contributed by atoms with Gasteiger partial charge in [0.25, 0.3) is 5.78 Å². The first-order chi connectivity index (χ1) is 8.18. The normalized spacial score (nSPS) is 15.6. The molecule has 0 unspecified atom stereocenters. The van der Waals surface area contributed by atoms with Crippen molar-refractivity contribution in [2.24, 2.45) is 0 Å². The van der Waals surface area contributed by atoms with Crippen LogP contribution in [0.2, 0.25) is 0 Å². The van der Waals surface area contributed by atoms with Crippen molar-refractivity contribution in [3.63, 3.8) is 0 Å². The molecule has 3 rings (SSSR count). The molecule has 17 heavy (non-hydrogen) atoms. The van der Waals surface area contributed by atoms with Crippen LogP contribution in [0.25, 0.3) is 5.78 Å². The SMILES string of the molecule is Cc1nc2ncnn2c(N2CCC2)c1C(C)C. The molecule has 1 aliphatic heterocycles. The van der Waals surface area contributed by atoms with Crippen LogP contribution in [0.15, 0.2) is 6.33 Å². The smallest absolute Gasteiger partial charge is 0.254 e. The van der Waals surface area contributed by atoms with Crippen molar-refractivity contribution in [3.05, 3.63) is 17.6 Å². The number of rotatable bonds is 2. The predicted molar refractivity (Wildman–Crippen MR) is 66.4 cm³/mol. The van der Waals surface area contributed by atoms with Crippen LogP contribution in [0.3, 0.4) is 0 Å². The minimum atomic E-state index is 0.451. The zero-order chi connectivity index (χ0) is 12.0. The monoisotopic (exact) mass is 231 g/mol. The van der Waals surface area contributed by atoms with Gasteiger partial charge < -0.3 is 4.90 Å². The number of fused-ring (bicyclic) bond motifs is 1. The molecule has 0 bridgehead atoms. The van der Waals surface area contributed by atoms with Crippen molar-refractivity contribution in [3.8, 4) is 0 Å². The van der Waals surface area contributed by atoms with Crippen LogP contribution in [0.1, 0.15) is 37.4 Å². The molecule has 2 aromatic heterocycles. The van der Waals surface area contributed by atoms with Gasteiger partial charge in [-0.15, -0.1) is 0 Å². The molecule has 5 nitrogen and oxygen atoms in total. The summed E-state index contributed by atoms with van der Waals surface area (Å²) in [5.41, 5.74) is 2.37. The molecule has 0 N–H and O–H groups in total. The second kappa shape index (κ2) is 3.68. The molecule has 1 saturated heterocycles. The van der Waals surface area contributed by atoms with Crippen molar-refractivity contribution in [2.45, 2.75) is 33.1 Å². The Bertz CT molecular complexity index is 553. The fourth-order valence-corrected chi connectivity index (χ4v) is 2.46. The third-order valence-corrected chi connectivity index (χ3v) is 3.36. The third kappa shape index (κ3) is 1.49. The first-order valence-electron chi connectivity index (χ1n) is 6.13. The van der Waals surface area contributed by atoms with E-state index in [0.717, 1.165) is 18.8 Å². The van der Waals surface area contributed by atoms with Gasteiger partial charge in [0.05, 0.1) is 0 Å². The molecule has 0 amide bonds. The summed E-state index contributed by atoms with van der Waals surface area (Å²) in [6.07, 6.45) is 2.84. The second-order valence-electron chi connectivity index (χ2n) is 4.90. The molecule has 3 heterocycles. The molecule has 0 spiro atoms. The zero-order valence-corrected chi connectivity index (χ0v) is 10.5. The van der Waals surface area contributed by atoms with Crippen molar-refractivity contribution in [1.82, 2.24) is 19.6 Å². The van der Waals surface area contributed by atoms with E-state index in [-0.39, 0.29) is 0 Å². The molecule has 0 radical (unpaired) electrons. The lowest BCUT2D eigenvalue weighted by molar-refractivity contribution is 0.591. The summed E-state index contributed by atoms with van der Waals surface area (Å²) in [5.74, 6) is 2.34. The summed E-state index contributed by atoms with van der Waals surface area (Å²) < 4.78 is 1.88. The number of aromatic nitrogens is 4. The summed E-state index contributed by atoms with van der Waals surface area (Å²) in [7, 11) is 0. The van der Waals surface area contributed by atoms with E-state index in [1.54, 1.807) is 6.33 Å². The highest BCUT2D eigenvalue weighted by Crippen LogP contribution is 2.32. The van der Waals surface area contributed by atoms with Gasteiger partial charge in [0, 0.05) is 24.3 Å². The molecule has 90 valence electrons. The number of aryl methyl sites for hydroxylation is 1. The fourth-order valence-electron chi connectivity index (χ4n) is 2.46. The van der Waals surface area contributed by atoms with Gasteiger partial charge in [-0.2, -0.15) is 14.6 Å². The Balaban J connectivity index is 2.30. The van der Waals surface area contributed by atoms with Crippen LogP contribution < -0.4 is 4.90 Å². The molecular weight excluding hydrogens is 214 g/mol. The average molecular weight is 231 g/mol. The lowest BCUT2D eigenvalue weighted by atomic mass is 10.0. The Hall–Kier alpha value is -1.65. The van der Waals surface area contributed by atoms with Crippen molar-refractivity contribution >= 4 is 11.6 Å². The summed E-state index contributed by atoms with van der Waals surface area (Å²) in [5, 5.41) is 4.31. The Morgan fingerprint density at radius 1 is 1.29 bits per heavy atom. The Morgan fingerprint density at radius 3 is 2.65 bits per heavy atom. The Morgan fingerprint density at radius 2 is 2.06 bits per heavy atom. The average Bonchev–Trinajstić information content (AvgIpc) is 2.61. The van der Waals surface area contributed by atoms with Crippen LogP contribution >= 0.6 is 0 Å². The van der Waals surface area contributed by atoms with Gasteiger partial charge in [0.2, 0.25) is 0 Å². The maximum atomic E-state index is 4.52. The number of anilines is 1. The van der Waals surface area contributed by atoms with Gasteiger partial charge >= 0.3 is 0 Å². The molecule has 0 atom stereocenters. The Kier molecular flexibility index (Phi) is 2.28. The van der Waals surface area contributed by atoms with Gasteiger partial charge in [-0.1, -0.05) is 13.8 Å². The van der Waals surface area contributed by atoms with Gasteiger partial charge in [0.15, 0.2) is 0 Å². The van der Waals surface area contributed by atoms with E-state index in [1.807, 2.05) is 4.52 Å². The zero-order valence-electron chi connectivity index (χ0n) is 10.5. The topological polar surface area (TPSA) is 46.3 Å². The van der Waals surface area contributed by atoms with Crippen molar-refractivity contribution in [2.75, 3.05) is 18.0 Å². The Labute approximate surface area is 100 Å². The molecular formula is C12H17N5. The highest BCUT2D eigenvalue weighted by Gasteiger charge is 2.25. The molecule has 0 aromatic carbocycles. The standard InChI is InChI=1S/C12H17N5/c1-8(2)10-9(3)15-12-13-7-14-17(12)11(10)16-5-4-6-16/h7-8H,4-6H2,1-3H3. The van der Waals surface area contributed by atoms with Crippen LogP contribution in [0.4, 0.5) is 5.82 Å². The second-order valence-corrected chi connectivity index (χ2v) is 4.90. The minimum Gasteiger partial charge on any atom is -0.356 e. The predicted octanol–water partition coefficient (Wildman–Crippen LogP) is 1.77. The molecule has 0 saturated carbocycles. The molecule has 1 fully saturated rings. The highest BCUT2D eigenvalue weighted by atomic mass is 15.4. The maximum Gasteiger partial charge on any atom is 0.254 e. The first kappa shape index (κ1) is 10.5. The quantitative estimate of drug-likeness (QED) is 0.790. The molecule has 2 aromatic rings. The van der Waals surface area contributed by atoms with Crippen molar-refractivity contribution < 1.29 is 0 Å². The van der Waals surface area contributed by atoms with Crippen LogP contribution in [-0.2, 0) is 0 Å². The lowest BCUT2D eigenvalue weighted by Crippen LogP contribution is -2.39. The lowest BCUT2D eigenvalue weighted by Gasteiger charge is -2.35. The molecule has 0 aliphatic carbocycles. The van der Waals surface area contributed by atoms with Crippen LogP contribution in [0, 0.1) is 6.92 Å². The van der Waals surface area contributed by atoms with E-state index in [1.165, 1.54) is 17.8 Å². The fraction of sp³-hybridized carbons (Fsp3) is 0.583. The van der Waals surface area contributed by atoms with E-state index in [4.69, 9.17) is 0 Å². The van der Waals surface area contributed by atoms with E-state index < -0.39 is 0 Å². The summed E-state index contributed by atoms with van der Waals surface area (Å²) in [6.45, 7) is 8.69. The van der Waals surface area contributed by atoms with Gasteiger partial charge in [-0.25, -0.2) is 4.98 Å². The third-order valence-electron chi connectivity index (χ3n) is 3.36. The molecule has 5 heteroatoms. The number of hydrogen-bond acceptors (Lipinski definition) is 4. The summed E-state index contributed by atoms with van der Waals surface area (Å²) in [6, 6.07) is 0. The maximum absolute atomic E-state index is 4.52. The van der Waals surface area contributed by atoms with E-state index in [0.29, 0.717) is 11.7 Å².